The molecule has 0 saturated heterocycles. The van der Waals surface area contributed by atoms with Gasteiger partial charge in [0.15, 0.2) is 0 Å². The molecule has 0 unspecified atom stereocenters. The molecule has 0 bridgehead atoms. The average molecular weight is 252 g/mol. The molecule has 0 aliphatic heterocycles. The fourth-order valence-electron chi connectivity index (χ4n) is 1.56. The molecule has 0 aliphatic carbocycles. The fraction of sp³-hybridized carbons (Fsp3) is 0.167. The Hall–Kier alpha value is -1.81. The van der Waals surface area contributed by atoms with E-state index in [0.717, 1.165) is 0 Å². The molecule has 1 N–H and O–H groups in total. The number of hydrogen-bond acceptors (Lipinski definition) is 3. The molecule has 0 saturated carbocycles. The van der Waals surface area contributed by atoms with Gasteiger partial charge in [-0.1, -0.05) is 23.7 Å². The Kier molecular flexibility index (Phi) is 3.15. The Bertz CT molecular complexity index is 633. The van der Waals surface area contributed by atoms with E-state index in [-0.39, 0.29) is 12.2 Å². The Labute approximate surface area is 102 Å². The molecule has 0 atom stereocenters. The van der Waals surface area contributed by atoms with Crippen LogP contribution in [0.25, 0.3) is 10.9 Å². The van der Waals surface area contributed by atoms with Gasteiger partial charge in [-0.3, -0.25) is 4.79 Å². The van der Waals surface area contributed by atoms with Crippen LogP contribution >= 0.6 is 11.6 Å². The molecule has 17 heavy (non-hydrogen) atoms. The number of halogens is 1. The van der Waals surface area contributed by atoms with Crippen LogP contribution in [0.3, 0.4) is 0 Å². The zero-order chi connectivity index (χ0) is 12.4. The van der Waals surface area contributed by atoms with E-state index in [1.807, 2.05) is 0 Å². The van der Waals surface area contributed by atoms with E-state index in [9.17, 15) is 9.59 Å². The number of carbonyl (C=O) groups is 1. The smallest absolute Gasteiger partial charge is 0.343 e. The van der Waals surface area contributed by atoms with Crippen molar-refractivity contribution in [3.05, 3.63) is 45.2 Å². The molecule has 88 valence electrons. The summed E-state index contributed by atoms with van der Waals surface area (Å²) in [4.78, 5) is 25.8. The van der Waals surface area contributed by atoms with Gasteiger partial charge >= 0.3 is 5.97 Å². The molecule has 0 fully saturated rings. The van der Waals surface area contributed by atoms with Crippen LogP contribution in [0, 0.1) is 0 Å². The van der Waals surface area contributed by atoms with E-state index < -0.39 is 11.5 Å². The van der Waals surface area contributed by atoms with E-state index in [0.29, 0.717) is 15.9 Å². The number of ether oxygens (including phenoxy) is 1. The molecule has 0 amide bonds. The van der Waals surface area contributed by atoms with Crippen LogP contribution < -0.4 is 5.56 Å². The number of pyridine rings is 1. The second-order valence-corrected chi connectivity index (χ2v) is 3.84. The monoisotopic (exact) mass is 251 g/mol. The Morgan fingerprint density at radius 2 is 2.24 bits per heavy atom. The van der Waals surface area contributed by atoms with Gasteiger partial charge in [0, 0.05) is 5.39 Å². The van der Waals surface area contributed by atoms with Crippen LogP contribution in [0.1, 0.15) is 17.3 Å². The molecule has 4 nitrogen and oxygen atoms in total. The number of rotatable bonds is 2. The number of para-hydroxylation sites is 1. The Balaban J connectivity index is 2.64. The summed E-state index contributed by atoms with van der Waals surface area (Å²) in [6.45, 7) is 1.91. The van der Waals surface area contributed by atoms with Crippen molar-refractivity contribution in [2.24, 2.45) is 0 Å². The topological polar surface area (TPSA) is 59.2 Å². The van der Waals surface area contributed by atoms with Gasteiger partial charge in [-0.25, -0.2) is 4.79 Å². The van der Waals surface area contributed by atoms with Crippen LogP contribution in [-0.2, 0) is 4.74 Å². The third kappa shape index (κ3) is 2.17. The van der Waals surface area contributed by atoms with Crippen molar-refractivity contribution < 1.29 is 9.53 Å². The number of nitrogens with one attached hydrogen (secondary N) is 1. The summed E-state index contributed by atoms with van der Waals surface area (Å²) in [6, 6.07) is 6.67. The third-order valence-corrected chi connectivity index (χ3v) is 2.64. The molecule has 1 aromatic heterocycles. The van der Waals surface area contributed by atoms with E-state index in [4.69, 9.17) is 16.3 Å². The highest BCUT2D eigenvalue weighted by Gasteiger charge is 2.13. The molecule has 0 radical (unpaired) electrons. The Morgan fingerprint density at radius 3 is 2.94 bits per heavy atom. The molecule has 1 heterocycles. The van der Waals surface area contributed by atoms with E-state index in [1.54, 1.807) is 25.1 Å². The van der Waals surface area contributed by atoms with Crippen LogP contribution in [0.5, 0.6) is 0 Å². The zero-order valence-corrected chi connectivity index (χ0v) is 9.88. The van der Waals surface area contributed by atoms with E-state index in [1.165, 1.54) is 6.07 Å². The lowest BCUT2D eigenvalue weighted by Crippen LogP contribution is -2.19. The lowest BCUT2D eigenvalue weighted by molar-refractivity contribution is 0.0524. The number of benzene rings is 1. The van der Waals surface area contributed by atoms with Crippen LogP contribution in [0.4, 0.5) is 0 Å². The maximum absolute atomic E-state index is 11.7. The van der Waals surface area contributed by atoms with Gasteiger partial charge in [0.2, 0.25) is 0 Å². The maximum Gasteiger partial charge on any atom is 0.343 e. The number of aromatic nitrogens is 1. The molecule has 0 aliphatic rings. The normalized spacial score (nSPS) is 10.5. The molecule has 5 heteroatoms. The zero-order valence-electron chi connectivity index (χ0n) is 9.12. The third-order valence-electron chi connectivity index (χ3n) is 2.32. The van der Waals surface area contributed by atoms with Crippen molar-refractivity contribution in [1.82, 2.24) is 4.98 Å². The number of fused-ring (bicyclic) bond motifs is 1. The van der Waals surface area contributed by atoms with Crippen molar-refractivity contribution in [1.29, 1.82) is 0 Å². The number of carbonyl (C=O) groups excluding carboxylic acids is 1. The molecule has 2 aromatic rings. The van der Waals surface area contributed by atoms with Gasteiger partial charge in [0.1, 0.15) is 5.56 Å². The van der Waals surface area contributed by atoms with Crippen molar-refractivity contribution in [2.45, 2.75) is 6.92 Å². The minimum Gasteiger partial charge on any atom is -0.462 e. The lowest BCUT2D eigenvalue weighted by Gasteiger charge is -2.04. The molecule has 2 rings (SSSR count). The summed E-state index contributed by atoms with van der Waals surface area (Å²) in [7, 11) is 0. The van der Waals surface area contributed by atoms with Crippen molar-refractivity contribution in [2.75, 3.05) is 6.61 Å². The minimum absolute atomic E-state index is 0.0124. The van der Waals surface area contributed by atoms with Crippen LogP contribution in [0.15, 0.2) is 29.1 Å². The van der Waals surface area contributed by atoms with E-state index >= 15 is 0 Å². The van der Waals surface area contributed by atoms with Gasteiger partial charge < -0.3 is 9.72 Å². The first-order valence-electron chi connectivity index (χ1n) is 5.12. The molecule has 1 aromatic carbocycles. The fourth-order valence-corrected chi connectivity index (χ4v) is 1.78. The lowest BCUT2D eigenvalue weighted by atomic mass is 10.1. The first-order valence-corrected chi connectivity index (χ1v) is 5.50. The average Bonchev–Trinajstić information content (AvgIpc) is 2.30. The largest absolute Gasteiger partial charge is 0.462 e. The second-order valence-electron chi connectivity index (χ2n) is 3.44. The summed E-state index contributed by atoms with van der Waals surface area (Å²) >= 11 is 5.94. The first-order chi connectivity index (χ1) is 8.13. The van der Waals surface area contributed by atoms with Crippen molar-refractivity contribution in [3.8, 4) is 0 Å². The second kappa shape index (κ2) is 4.59. The van der Waals surface area contributed by atoms with Gasteiger partial charge in [-0.2, -0.15) is 0 Å². The number of esters is 1. The van der Waals surface area contributed by atoms with Gasteiger partial charge in [0.05, 0.1) is 17.1 Å². The summed E-state index contributed by atoms with van der Waals surface area (Å²) in [5, 5.41) is 1.13. The van der Waals surface area contributed by atoms with Crippen LogP contribution in [0.2, 0.25) is 5.02 Å². The number of hydrogen-bond donors (Lipinski definition) is 1. The highest BCUT2D eigenvalue weighted by Crippen LogP contribution is 2.20. The van der Waals surface area contributed by atoms with Gasteiger partial charge in [-0.05, 0) is 19.1 Å². The molecular formula is C12H10ClNO3. The predicted octanol–water partition coefficient (Wildman–Crippen LogP) is 2.36. The van der Waals surface area contributed by atoms with Gasteiger partial charge in [0.25, 0.3) is 5.56 Å². The molecule has 0 spiro atoms. The SMILES string of the molecule is CCOC(=O)c1cc2cccc(Cl)c2[nH]c1=O. The van der Waals surface area contributed by atoms with Gasteiger partial charge in [-0.15, -0.1) is 0 Å². The highest BCUT2D eigenvalue weighted by atomic mass is 35.5. The quantitative estimate of drug-likeness (QED) is 0.834. The minimum atomic E-state index is -0.629. The van der Waals surface area contributed by atoms with Crippen LogP contribution in [-0.4, -0.2) is 17.6 Å². The van der Waals surface area contributed by atoms with Crippen molar-refractivity contribution >= 4 is 28.5 Å². The van der Waals surface area contributed by atoms with Crippen molar-refractivity contribution in [3.63, 3.8) is 0 Å². The summed E-state index contributed by atoms with van der Waals surface area (Å²) in [5.74, 6) is -0.629. The molecular weight excluding hydrogens is 242 g/mol. The Morgan fingerprint density at radius 1 is 1.47 bits per heavy atom. The standard InChI is InChI=1S/C12H10ClNO3/c1-2-17-12(16)8-6-7-4-3-5-9(13)10(7)14-11(8)15/h3-6H,2H2,1H3,(H,14,15). The highest BCUT2D eigenvalue weighted by molar-refractivity contribution is 6.35. The number of H-pyrrole nitrogens is 1. The van der Waals surface area contributed by atoms with E-state index in [2.05, 4.69) is 4.98 Å². The predicted molar refractivity (Wildman–Crippen MR) is 65.5 cm³/mol. The summed E-state index contributed by atoms with van der Waals surface area (Å²) in [5.41, 5.74) is 0.0119. The first kappa shape index (κ1) is 11.7. The summed E-state index contributed by atoms with van der Waals surface area (Å²) < 4.78 is 4.80. The summed E-state index contributed by atoms with van der Waals surface area (Å²) in [6.07, 6.45) is 0. The maximum atomic E-state index is 11.7. The number of aromatic amines is 1.